The molecule has 0 bridgehead atoms. The quantitative estimate of drug-likeness (QED) is 0.638. The van der Waals surface area contributed by atoms with E-state index < -0.39 is 0 Å². The molecule has 0 aliphatic carbocycles. The first-order valence-corrected chi connectivity index (χ1v) is 8.52. The van der Waals surface area contributed by atoms with Gasteiger partial charge >= 0.3 is 0 Å². The predicted octanol–water partition coefficient (Wildman–Crippen LogP) is 3.09. The smallest absolute Gasteiger partial charge is 0.218 e. The number of hydrogen-bond donors (Lipinski definition) is 0. The number of nitrogens with zero attached hydrogens (tertiary/aromatic N) is 6. The van der Waals surface area contributed by atoms with Gasteiger partial charge in [0.05, 0.1) is 12.3 Å². The molecule has 8 nitrogen and oxygen atoms in total. The van der Waals surface area contributed by atoms with E-state index in [9.17, 15) is 0 Å². The van der Waals surface area contributed by atoms with Crippen molar-refractivity contribution in [2.75, 3.05) is 6.61 Å². The minimum absolute atomic E-state index is 0.0235. The summed E-state index contributed by atoms with van der Waals surface area (Å²) < 4.78 is 15.3. The van der Waals surface area contributed by atoms with Crippen LogP contribution < -0.4 is 4.74 Å². The van der Waals surface area contributed by atoms with E-state index in [0.717, 1.165) is 5.56 Å². The van der Waals surface area contributed by atoms with Crippen molar-refractivity contribution < 1.29 is 9.47 Å². The molecule has 0 amide bonds. The fraction of sp³-hybridized carbons (Fsp3) is 0.467. The first-order chi connectivity index (χ1) is 11.5. The summed E-state index contributed by atoms with van der Waals surface area (Å²) in [6.45, 7) is 8.43. The van der Waals surface area contributed by atoms with E-state index in [4.69, 9.17) is 9.47 Å². The lowest BCUT2D eigenvalue weighted by atomic mass is 10.2. The molecule has 0 radical (unpaired) electrons. The van der Waals surface area contributed by atoms with E-state index in [1.165, 1.54) is 0 Å². The van der Waals surface area contributed by atoms with Crippen molar-refractivity contribution in [1.29, 1.82) is 0 Å². The Hall–Kier alpha value is -2.00. The molecule has 1 unspecified atom stereocenters. The van der Waals surface area contributed by atoms with Gasteiger partial charge in [0.25, 0.3) is 0 Å². The van der Waals surface area contributed by atoms with Crippen LogP contribution in [0.15, 0.2) is 23.5 Å². The summed E-state index contributed by atoms with van der Waals surface area (Å²) in [5.74, 6) is 0.578. The zero-order chi connectivity index (χ0) is 17.3. The third kappa shape index (κ3) is 3.27. The zero-order valence-electron chi connectivity index (χ0n) is 14.0. The van der Waals surface area contributed by atoms with E-state index in [2.05, 4.69) is 36.1 Å². The van der Waals surface area contributed by atoms with Gasteiger partial charge in [0, 0.05) is 18.4 Å². The van der Waals surface area contributed by atoms with Gasteiger partial charge in [-0.1, -0.05) is 0 Å². The molecule has 0 aromatic carbocycles. The predicted molar refractivity (Wildman–Crippen MR) is 91.8 cm³/mol. The first kappa shape index (κ1) is 16.8. The molecule has 0 spiro atoms. The Balaban J connectivity index is 2.08. The molecule has 1 atom stereocenters. The normalized spacial score (nSPS) is 12.9. The lowest BCUT2D eigenvalue weighted by Gasteiger charge is -2.13. The number of rotatable bonds is 6. The molecule has 0 saturated heterocycles. The van der Waals surface area contributed by atoms with E-state index in [1.807, 2.05) is 33.9 Å². The van der Waals surface area contributed by atoms with Gasteiger partial charge in [0.1, 0.15) is 18.2 Å². The molecule has 0 fully saturated rings. The second kappa shape index (κ2) is 6.86. The van der Waals surface area contributed by atoms with Crippen molar-refractivity contribution in [3.8, 4) is 17.0 Å². The van der Waals surface area contributed by atoms with Gasteiger partial charge < -0.3 is 9.47 Å². The van der Waals surface area contributed by atoms with Gasteiger partial charge in [-0.2, -0.15) is 14.6 Å². The van der Waals surface area contributed by atoms with E-state index in [1.54, 1.807) is 21.7 Å². The summed E-state index contributed by atoms with van der Waals surface area (Å²) in [4.78, 5) is 8.86. The molecule has 128 valence electrons. The van der Waals surface area contributed by atoms with Crippen molar-refractivity contribution in [1.82, 2.24) is 29.4 Å². The fourth-order valence-corrected chi connectivity index (χ4v) is 2.67. The lowest BCUT2D eigenvalue weighted by molar-refractivity contribution is 0.0160. The van der Waals surface area contributed by atoms with Crippen LogP contribution in [0.5, 0.6) is 5.75 Å². The Morgan fingerprint density at radius 3 is 2.79 bits per heavy atom. The molecule has 3 aromatic heterocycles. The summed E-state index contributed by atoms with van der Waals surface area (Å²) in [7, 11) is 0. The molecule has 0 aliphatic heterocycles. The maximum atomic E-state index is 5.97. The van der Waals surface area contributed by atoms with Crippen LogP contribution in [0.4, 0.5) is 0 Å². The van der Waals surface area contributed by atoms with Gasteiger partial charge in [0.15, 0.2) is 5.75 Å². The Morgan fingerprint density at radius 1 is 1.29 bits per heavy atom. The number of aromatic nitrogens is 6. The second-order valence-corrected chi connectivity index (χ2v) is 6.21. The van der Waals surface area contributed by atoms with Crippen LogP contribution in [0.25, 0.3) is 16.9 Å². The molecule has 3 aromatic rings. The van der Waals surface area contributed by atoms with Crippen molar-refractivity contribution in [2.24, 2.45) is 0 Å². The number of fused-ring (bicyclic) bond motifs is 1. The molecule has 0 aliphatic rings. The van der Waals surface area contributed by atoms with Crippen LogP contribution in [0.3, 0.4) is 0 Å². The largest absolute Gasteiger partial charge is 0.485 e. The maximum Gasteiger partial charge on any atom is 0.218 e. The van der Waals surface area contributed by atoms with Gasteiger partial charge in [0.2, 0.25) is 10.4 Å². The molecule has 3 rings (SSSR count). The summed E-state index contributed by atoms with van der Waals surface area (Å²) in [6.07, 6.45) is 5.07. The van der Waals surface area contributed by atoms with Gasteiger partial charge in [-0.25, -0.2) is 9.67 Å². The Kier molecular flexibility index (Phi) is 4.81. The summed E-state index contributed by atoms with van der Waals surface area (Å²) in [5, 5.41) is 8.57. The third-order valence-electron chi connectivity index (χ3n) is 3.33. The molecular formula is C15H19BrN6O2. The summed E-state index contributed by atoms with van der Waals surface area (Å²) in [5.41, 5.74) is 2.11. The average molecular weight is 395 g/mol. The van der Waals surface area contributed by atoms with E-state index >= 15 is 0 Å². The standard InChI is InChI=1S/C15H19BrN6O2/c1-5-23-10(4)21-7-11(6-18-21)12-13(24-9(2)3)14-19-15(16)20-22(14)8-17-12/h6-10H,5H2,1-4H3. The molecule has 3 heterocycles. The fourth-order valence-electron chi connectivity index (χ4n) is 2.34. The molecule has 9 heteroatoms. The Bertz CT molecular complexity index is 844. The van der Waals surface area contributed by atoms with Crippen LogP contribution in [0, 0.1) is 0 Å². The maximum absolute atomic E-state index is 5.97. The van der Waals surface area contributed by atoms with Crippen LogP contribution >= 0.6 is 15.9 Å². The van der Waals surface area contributed by atoms with E-state index in [0.29, 0.717) is 28.4 Å². The van der Waals surface area contributed by atoms with E-state index in [-0.39, 0.29) is 12.3 Å². The van der Waals surface area contributed by atoms with Gasteiger partial charge in [-0.15, -0.1) is 5.10 Å². The SMILES string of the molecule is CCOC(C)n1cc(-c2ncn3nc(Br)nc3c2OC(C)C)cn1. The topological polar surface area (TPSA) is 79.4 Å². The molecule has 0 saturated carbocycles. The Labute approximate surface area is 147 Å². The molecular weight excluding hydrogens is 376 g/mol. The highest BCUT2D eigenvalue weighted by atomic mass is 79.9. The minimum atomic E-state index is -0.149. The monoisotopic (exact) mass is 394 g/mol. The van der Waals surface area contributed by atoms with Crippen LogP contribution in [-0.2, 0) is 4.74 Å². The summed E-state index contributed by atoms with van der Waals surface area (Å²) in [6, 6.07) is 0. The third-order valence-corrected chi connectivity index (χ3v) is 3.66. The number of hydrogen-bond acceptors (Lipinski definition) is 6. The highest BCUT2D eigenvalue weighted by Crippen LogP contribution is 2.32. The Morgan fingerprint density at radius 2 is 2.08 bits per heavy atom. The van der Waals surface area contributed by atoms with Crippen molar-refractivity contribution >= 4 is 21.6 Å². The zero-order valence-corrected chi connectivity index (χ0v) is 15.6. The van der Waals surface area contributed by atoms with Crippen molar-refractivity contribution in [3.63, 3.8) is 0 Å². The number of ether oxygens (including phenoxy) is 2. The lowest BCUT2D eigenvalue weighted by Crippen LogP contribution is -2.10. The van der Waals surface area contributed by atoms with Gasteiger partial charge in [-0.05, 0) is 43.6 Å². The number of halogens is 1. The van der Waals surface area contributed by atoms with Crippen LogP contribution in [0.1, 0.15) is 33.9 Å². The summed E-state index contributed by atoms with van der Waals surface area (Å²) >= 11 is 3.29. The van der Waals surface area contributed by atoms with Gasteiger partial charge in [-0.3, -0.25) is 0 Å². The first-order valence-electron chi connectivity index (χ1n) is 7.73. The van der Waals surface area contributed by atoms with Crippen LogP contribution in [-0.4, -0.2) is 42.1 Å². The average Bonchev–Trinajstić information content (AvgIpc) is 3.13. The van der Waals surface area contributed by atoms with Crippen molar-refractivity contribution in [3.05, 3.63) is 23.5 Å². The molecule has 0 N–H and O–H groups in total. The minimum Gasteiger partial charge on any atom is -0.485 e. The highest BCUT2D eigenvalue weighted by Gasteiger charge is 2.19. The molecule has 24 heavy (non-hydrogen) atoms. The van der Waals surface area contributed by atoms with Crippen molar-refractivity contribution in [2.45, 2.75) is 40.0 Å². The highest BCUT2D eigenvalue weighted by molar-refractivity contribution is 9.10. The second-order valence-electron chi connectivity index (χ2n) is 5.50. The van der Waals surface area contributed by atoms with Crippen LogP contribution in [0.2, 0.25) is 0 Å².